The molecule has 11 nitrogen and oxygen atoms in total. The monoisotopic (exact) mass is 429 g/mol. The van der Waals surface area contributed by atoms with E-state index < -0.39 is 17.6 Å². The minimum atomic E-state index is -0.530. The van der Waals surface area contributed by atoms with Crippen molar-refractivity contribution in [1.82, 2.24) is 19.5 Å². The highest BCUT2D eigenvalue weighted by atomic mass is 16.6. The molecule has 11 heteroatoms. The third-order valence-electron chi connectivity index (χ3n) is 4.08. The standard InChI is InChI=1S/C20H23N5O6/c1-14(26)30-10-16(9-29-8-15-6-4-3-5-7-15)31-13-25-11-21-17-18(25)23-20(22-12-28-2)24-19(17)27/h3-7,11-12,16H,8-10,13H2,1-2H3,(H,23,24,27)/b22-12-. The van der Waals surface area contributed by atoms with E-state index in [9.17, 15) is 9.59 Å². The van der Waals surface area contributed by atoms with Crippen LogP contribution >= 0.6 is 0 Å². The van der Waals surface area contributed by atoms with E-state index in [1.165, 1.54) is 20.4 Å². The van der Waals surface area contributed by atoms with Gasteiger partial charge >= 0.3 is 5.97 Å². The van der Waals surface area contributed by atoms with Gasteiger partial charge in [-0.25, -0.2) is 4.98 Å². The smallest absolute Gasteiger partial charge is 0.302 e. The SMILES string of the molecule is CO/C=N\c1nc2c(ncn2COC(COCc2ccccc2)COC(C)=O)c(=O)[nH]1. The van der Waals surface area contributed by atoms with Gasteiger partial charge in [0.2, 0.25) is 5.95 Å². The largest absolute Gasteiger partial charge is 0.486 e. The number of esters is 1. The van der Waals surface area contributed by atoms with Crippen LogP contribution in [0.25, 0.3) is 11.2 Å². The number of methoxy groups -OCH3 is 1. The van der Waals surface area contributed by atoms with Gasteiger partial charge in [0.05, 0.1) is 26.7 Å². The number of aromatic amines is 1. The molecule has 0 saturated carbocycles. The van der Waals surface area contributed by atoms with Gasteiger partial charge < -0.3 is 18.9 Å². The summed E-state index contributed by atoms with van der Waals surface area (Å²) in [4.78, 5) is 38.1. The molecule has 1 unspecified atom stereocenters. The molecule has 2 heterocycles. The molecule has 0 radical (unpaired) electrons. The fraction of sp³-hybridized carbons (Fsp3) is 0.350. The molecule has 1 N–H and O–H groups in total. The van der Waals surface area contributed by atoms with Crippen molar-refractivity contribution in [3.8, 4) is 0 Å². The molecule has 31 heavy (non-hydrogen) atoms. The maximum absolute atomic E-state index is 12.2. The maximum Gasteiger partial charge on any atom is 0.302 e. The summed E-state index contributed by atoms with van der Waals surface area (Å²) in [7, 11) is 1.43. The molecule has 3 rings (SSSR count). The van der Waals surface area contributed by atoms with Crippen LogP contribution in [0.1, 0.15) is 12.5 Å². The summed E-state index contributed by atoms with van der Waals surface area (Å²) in [6, 6.07) is 9.68. The molecular weight excluding hydrogens is 406 g/mol. The first-order valence-electron chi connectivity index (χ1n) is 9.44. The lowest BCUT2D eigenvalue weighted by Crippen LogP contribution is -2.27. The Kier molecular flexibility index (Phi) is 7.85. The third-order valence-corrected chi connectivity index (χ3v) is 4.08. The van der Waals surface area contributed by atoms with E-state index in [4.69, 9.17) is 18.9 Å². The summed E-state index contributed by atoms with van der Waals surface area (Å²) in [5, 5.41) is 0. The van der Waals surface area contributed by atoms with E-state index in [2.05, 4.69) is 19.9 Å². The van der Waals surface area contributed by atoms with Crippen molar-refractivity contribution in [3.63, 3.8) is 0 Å². The Morgan fingerprint density at radius 1 is 1.29 bits per heavy atom. The molecule has 0 aliphatic rings. The number of carbonyl (C=O) groups is 1. The van der Waals surface area contributed by atoms with Crippen LogP contribution in [0.2, 0.25) is 0 Å². The number of ether oxygens (including phenoxy) is 4. The molecule has 3 aromatic rings. The first-order chi connectivity index (χ1) is 15.1. The van der Waals surface area contributed by atoms with Crippen molar-refractivity contribution in [2.24, 2.45) is 4.99 Å². The maximum atomic E-state index is 12.2. The molecule has 0 aliphatic carbocycles. The number of hydrogen-bond acceptors (Lipinski definition) is 9. The van der Waals surface area contributed by atoms with E-state index in [0.717, 1.165) is 12.0 Å². The number of hydrogen-bond donors (Lipinski definition) is 1. The third kappa shape index (κ3) is 6.46. The first kappa shape index (κ1) is 22.1. The van der Waals surface area contributed by atoms with Crippen LogP contribution in [-0.4, -0.2) is 58.3 Å². The number of fused-ring (bicyclic) bond motifs is 1. The Labute approximate surface area is 177 Å². The Bertz CT molecular complexity index is 1080. The molecule has 1 atom stereocenters. The van der Waals surface area contributed by atoms with Gasteiger partial charge in [-0.05, 0) is 5.56 Å². The highest BCUT2D eigenvalue weighted by Gasteiger charge is 2.15. The fourth-order valence-electron chi connectivity index (χ4n) is 2.62. The van der Waals surface area contributed by atoms with Gasteiger partial charge in [-0.3, -0.25) is 19.1 Å². The molecule has 0 bridgehead atoms. The number of aliphatic imine (C=N–C) groups is 1. The minimum absolute atomic E-state index is 0.0149. The number of nitrogens with one attached hydrogen (secondary N) is 1. The molecule has 1 aromatic carbocycles. The van der Waals surface area contributed by atoms with Crippen molar-refractivity contribution in [2.75, 3.05) is 20.3 Å². The van der Waals surface area contributed by atoms with E-state index in [-0.39, 0.29) is 31.4 Å². The topological polar surface area (TPSA) is 130 Å². The lowest BCUT2D eigenvalue weighted by Gasteiger charge is -2.18. The zero-order valence-corrected chi connectivity index (χ0v) is 17.2. The number of aromatic nitrogens is 4. The number of H-pyrrole nitrogens is 1. The Hall–Kier alpha value is -3.57. The summed E-state index contributed by atoms with van der Waals surface area (Å²) >= 11 is 0. The van der Waals surface area contributed by atoms with Crippen molar-refractivity contribution in [3.05, 3.63) is 52.6 Å². The van der Waals surface area contributed by atoms with E-state index in [0.29, 0.717) is 12.3 Å². The molecular formula is C20H23N5O6. The number of carbonyl (C=O) groups excluding carboxylic acids is 1. The summed E-state index contributed by atoms with van der Waals surface area (Å²) in [6.45, 7) is 1.96. The van der Waals surface area contributed by atoms with Crippen molar-refractivity contribution in [1.29, 1.82) is 0 Å². The van der Waals surface area contributed by atoms with Gasteiger partial charge in [0.1, 0.15) is 19.4 Å². The molecule has 0 aliphatic heterocycles. The molecule has 0 amide bonds. The van der Waals surface area contributed by atoms with Gasteiger partial charge in [-0.2, -0.15) is 9.98 Å². The second kappa shape index (κ2) is 11.0. The highest BCUT2D eigenvalue weighted by molar-refractivity contribution is 5.70. The van der Waals surface area contributed by atoms with Crippen LogP contribution in [0, 0.1) is 0 Å². The van der Waals surface area contributed by atoms with Gasteiger partial charge in [-0.15, -0.1) is 0 Å². The van der Waals surface area contributed by atoms with Crippen molar-refractivity contribution >= 4 is 29.5 Å². The van der Waals surface area contributed by atoms with Gasteiger partial charge in [-0.1, -0.05) is 30.3 Å². The molecule has 0 spiro atoms. The van der Waals surface area contributed by atoms with Gasteiger partial charge in [0, 0.05) is 6.92 Å². The van der Waals surface area contributed by atoms with Gasteiger partial charge in [0.25, 0.3) is 5.56 Å². The molecule has 2 aromatic heterocycles. The number of imidazole rings is 1. The first-order valence-corrected chi connectivity index (χ1v) is 9.44. The van der Waals surface area contributed by atoms with E-state index >= 15 is 0 Å². The van der Waals surface area contributed by atoms with Crippen molar-refractivity contribution < 1.29 is 23.7 Å². The lowest BCUT2D eigenvalue weighted by molar-refractivity contribution is -0.149. The number of benzene rings is 1. The van der Waals surface area contributed by atoms with Crippen LogP contribution in [0.4, 0.5) is 5.95 Å². The summed E-state index contributed by atoms with van der Waals surface area (Å²) in [5.74, 6) is -0.345. The minimum Gasteiger partial charge on any atom is -0.486 e. The summed E-state index contributed by atoms with van der Waals surface area (Å²) < 4.78 is 22.9. The Morgan fingerprint density at radius 2 is 2.10 bits per heavy atom. The summed E-state index contributed by atoms with van der Waals surface area (Å²) in [5.41, 5.74) is 1.02. The van der Waals surface area contributed by atoms with Crippen LogP contribution in [0.3, 0.4) is 0 Å². The number of nitrogens with zero attached hydrogens (tertiary/aromatic N) is 4. The molecule has 0 saturated heterocycles. The molecule has 164 valence electrons. The molecule has 0 fully saturated rings. The summed E-state index contributed by atoms with van der Waals surface area (Å²) in [6.07, 6.45) is 2.06. The zero-order chi connectivity index (χ0) is 22.1. The quantitative estimate of drug-likeness (QED) is 0.276. The Balaban J connectivity index is 1.67. The normalized spacial score (nSPS) is 12.3. The second-order valence-electron chi connectivity index (χ2n) is 6.47. The fourth-order valence-corrected chi connectivity index (χ4v) is 2.62. The average molecular weight is 429 g/mol. The van der Waals surface area contributed by atoms with E-state index in [1.54, 1.807) is 4.57 Å². The lowest BCUT2D eigenvalue weighted by atomic mass is 10.2. The number of rotatable bonds is 11. The second-order valence-corrected chi connectivity index (χ2v) is 6.47. The van der Waals surface area contributed by atoms with Crippen LogP contribution in [0.15, 0.2) is 46.4 Å². The van der Waals surface area contributed by atoms with Crippen LogP contribution in [-0.2, 0) is 37.1 Å². The van der Waals surface area contributed by atoms with Crippen LogP contribution < -0.4 is 5.56 Å². The predicted octanol–water partition coefficient (Wildman–Crippen LogP) is 1.55. The average Bonchev–Trinajstić information content (AvgIpc) is 3.18. The predicted molar refractivity (Wildman–Crippen MR) is 111 cm³/mol. The zero-order valence-electron chi connectivity index (χ0n) is 17.2. The Morgan fingerprint density at radius 3 is 2.84 bits per heavy atom. The van der Waals surface area contributed by atoms with Crippen molar-refractivity contribution in [2.45, 2.75) is 26.4 Å². The van der Waals surface area contributed by atoms with E-state index in [1.807, 2.05) is 30.3 Å². The highest BCUT2D eigenvalue weighted by Crippen LogP contribution is 2.11. The van der Waals surface area contributed by atoms with Gasteiger partial charge in [0.15, 0.2) is 17.6 Å². The van der Waals surface area contributed by atoms with Crippen LogP contribution in [0.5, 0.6) is 0 Å².